The van der Waals surface area contributed by atoms with E-state index >= 15 is 0 Å². The number of nitrogens with zero attached hydrogens (tertiary/aromatic N) is 3. The predicted octanol–water partition coefficient (Wildman–Crippen LogP) is 5.48. The van der Waals surface area contributed by atoms with Gasteiger partial charge in [0.1, 0.15) is 24.0 Å². The van der Waals surface area contributed by atoms with Gasteiger partial charge < -0.3 is 9.30 Å². The van der Waals surface area contributed by atoms with E-state index in [2.05, 4.69) is 33.6 Å². The van der Waals surface area contributed by atoms with Gasteiger partial charge in [0, 0.05) is 37.6 Å². The van der Waals surface area contributed by atoms with Gasteiger partial charge >= 0.3 is 0 Å². The largest absolute Gasteiger partial charge is 0.489 e. The van der Waals surface area contributed by atoms with Crippen molar-refractivity contribution in [2.24, 2.45) is 5.92 Å². The van der Waals surface area contributed by atoms with E-state index in [1.54, 1.807) is 12.1 Å². The molecule has 158 valence electrons. The zero-order valence-corrected chi connectivity index (χ0v) is 18.0. The molecule has 4 rings (SSSR count). The Labute approximate surface area is 182 Å². The second kappa shape index (κ2) is 9.63. The van der Waals surface area contributed by atoms with E-state index in [0.29, 0.717) is 16.5 Å². The van der Waals surface area contributed by atoms with Crippen LogP contribution in [0.5, 0.6) is 5.75 Å². The van der Waals surface area contributed by atoms with Gasteiger partial charge in [0.25, 0.3) is 0 Å². The fourth-order valence-corrected chi connectivity index (χ4v) is 4.35. The fourth-order valence-electron chi connectivity index (χ4n) is 4.14. The SMILES string of the molecule is Cc1nccn1CC1CCCN(Cc2cccc(OCc3c(F)cccc3Cl)c2)C1. The topological polar surface area (TPSA) is 30.3 Å². The number of rotatable bonds is 7. The van der Waals surface area contributed by atoms with E-state index in [1.165, 1.54) is 24.5 Å². The summed E-state index contributed by atoms with van der Waals surface area (Å²) >= 11 is 6.10. The van der Waals surface area contributed by atoms with Crippen LogP contribution in [0.15, 0.2) is 54.9 Å². The van der Waals surface area contributed by atoms with Crippen LogP contribution in [-0.4, -0.2) is 27.5 Å². The summed E-state index contributed by atoms with van der Waals surface area (Å²) in [6, 6.07) is 12.7. The lowest BCUT2D eigenvalue weighted by Gasteiger charge is -2.33. The van der Waals surface area contributed by atoms with Crippen LogP contribution in [0.3, 0.4) is 0 Å². The first-order chi connectivity index (χ1) is 14.6. The number of hydrogen-bond acceptors (Lipinski definition) is 3. The third kappa shape index (κ3) is 5.21. The van der Waals surface area contributed by atoms with Gasteiger partial charge in [0.2, 0.25) is 0 Å². The van der Waals surface area contributed by atoms with Gasteiger partial charge in [-0.1, -0.05) is 29.8 Å². The zero-order chi connectivity index (χ0) is 20.9. The molecule has 1 fully saturated rings. The number of piperidine rings is 1. The minimum Gasteiger partial charge on any atom is -0.489 e. The van der Waals surface area contributed by atoms with Crippen LogP contribution < -0.4 is 4.74 Å². The lowest BCUT2D eigenvalue weighted by molar-refractivity contribution is 0.155. The number of ether oxygens (including phenoxy) is 1. The number of aryl methyl sites for hydroxylation is 1. The summed E-state index contributed by atoms with van der Waals surface area (Å²) in [7, 11) is 0. The summed E-state index contributed by atoms with van der Waals surface area (Å²) in [5.74, 6) is 2.10. The molecule has 0 aliphatic carbocycles. The first kappa shape index (κ1) is 20.9. The van der Waals surface area contributed by atoms with Crippen molar-refractivity contribution < 1.29 is 9.13 Å². The number of aromatic nitrogens is 2. The molecule has 1 aliphatic rings. The zero-order valence-electron chi connectivity index (χ0n) is 17.2. The molecule has 4 nitrogen and oxygen atoms in total. The maximum atomic E-state index is 14.0. The number of benzene rings is 2. The molecule has 1 unspecified atom stereocenters. The highest BCUT2D eigenvalue weighted by atomic mass is 35.5. The molecule has 1 saturated heterocycles. The van der Waals surface area contributed by atoms with Gasteiger partial charge in [-0.2, -0.15) is 0 Å². The maximum Gasteiger partial charge on any atom is 0.131 e. The maximum absolute atomic E-state index is 14.0. The number of imidazole rings is 1. The number of likely N-dealkylation sites (tertiary alicyclic amines) is 1. The highest BCUT2D eigenvalue weighted by molar-refractivity contribution is 6.31. The van der Waals surface area contributed by atoms with Crippen LogP contribution in [0.1, 0.15) is 29.8 Å². The average Bonchev–Trinajstić information content (AvgIpc) is 3.13. The minimum absolute atomic E-state index is 0.116. The van der Waals surface area contributed by atoms with Crippen molar-refractivity contribution in [2.45, 2.75) is 39.5 Å². The summed E-state index contributed by atoms with van der Waals surface area (Å²) in [6.07, 6.45) is 6.40. The van der Waals surface area contributed by atoms with E-state index in [4.69, 9.17) is 16.3 Å². The molecule has 0 bridgehead atoms. The van der Waals surface area contributed by atoms with E-state index in [1.807, 2.05) is 24.4 Å². The van der Waals surface area contributed by atoms with Crippen molar-refractivity contribution in [3.05, 3.63) is 82.6 Å². The highest BCUT2D eigenvalue weighted by Crippen LogP contribution is 2.24. The molecule has 0 radical (unpaired) electrons. The molecule has 2 heterocycles. The highest BCUT2D eigenvalue weighted by Gasteiger charge is 2.21. The van der Waals surface area contributed by atoms with E-state index in [0.717, 1.165) is 37.8 Å². The summed E-state index contributed by atoms with van der Waals surface area (Å²) in [5.41, 5.74) is 1.59. The van der Waals surface area contributed by atoms with Crippen LogP contribution in [-0.2, 0) is 19.7 Å². The second-order valence-electron chi connectivity index (χ2n) is 8.01. The summed E-state index contributed by atoms with van der Waals surface area (Å²) in [5, 5.41) is 0.388. The Morgan fingerprint density at radius 1 is 1.23 bits per heavy atom. The Balaban J connectivity index is 1.35. The normalized spacial score (nSPS) is 17.2. The van der Waals surface area contributed by atoms with Gasteiger partial charge in [-0.05, 0) is 62.1 Å². The van der Waals surface area contributed by atoms with Gasteiger partial charge in [0.15, 0.2) is 0 Å². The van der Waals surface area contributed by atoms with Gasteiger partial charge in [-0.25, -0.2) is 9.37 Å². The van der Waals surface area contributed by atoms with E-state index in [-0.39, 0.29) is 12.4 Å². The molecular formula is C24H27ClFN3O. The molecular weight excluding hydrogens is 401 g/mol. The lowest BCUT2D eigenvalue weighted by Crippen LogP contribution is -2.36. The molecule has 0 saturated carbocycles. The molecule has 6 heteroatoms. The van der Waals surface area contributed by atoms with Gasteiger partial charge in [-0.15, -0.1) is 0 Å². The van der Waals surface area contributed by atoms with Crippen LogP contribution >= 0.6 is 11.6 Å². The lowest BCUT2D eigenvalue weighted by atomic mass is 9.97. The molecule has 0 N–H and O–H groups in total. The van der Waals surface area contributed by atoms with Crippen molar-refractivity contribution in [3.8, 4) is 5.75 Å². The number of halogens is 2. The molecule has 30 heavy (non-hydrogen) atoms. The van der Waals surface area contributed by atoms with Crippen LogP contribution in [0, 0.1) is 18.7 Å². The van der Waals surface area contributed by atoms with Gasteiger partial charge in [-0.3, -0.25) is 4.90 Å². The average molecular weight is 428 g/mol. The molecule has 2 aromatic carbocycles. The Morgan fingerprint density at radius 3 is 2.90 bits per heavy atom. The summed E-state index contributed by atoms with van der Waals surface area (Å²) < 4.78 is 22.0. The van der Waals surface area contributed by atoms with Crippen LogP contribution in [0.25, 0.3) is 0 Å². The minimum atomic E-state index is -0.342. The van der Waals surface area contributed by atoms with Crippen molar-refractivity contribution in [3.63, 3.8) is 0 Å². The fraction of sp³-hybridized carbons (Fsp3) is 0.375. The van der Waals surface area contributed by atoms with Crippen molar-refractivity contribution in [1.29, 1.82) is 0 Å². The molecule has 1 atom stereocenters. The second-order valence-corrected chi connectivity index (χ2v) is 8.41. The Hall–Kier alpha value is -2.37. The smallest absolute Gasteiger partial charge is 0.131 e. The van der Waals surface area contributed by atoms with Crippen LogP contribution in [0.4, 0.5) is 4.39 Å². The monoisotopic (exact) mass is 427 g/mol. The summed E-state index contributed by atoms with van der Waals surface area (Å²) in [6.45, 7) is 6.26. The van der Waals surface area contributed by atoms with Crippen molar-refractivity contribution >= 4 is 11.6 Å². The third-order valence-corrected chi connectivity index (χ3v) is 6.09. The Morgan fingerprint density at radius 2 is 2.10 bits per heavy atom. The number of hydrogen-bond donors (Lipinski definition) is 0. The van der Waals surface area contributed by atoms with E-state index < -0.39 is 0 Å². The molecule has 3 aromatic rings. The molecule has 0 amide bonds. The first-order valence-electron chi connectivity index (χ1n) is 10.4. The first-order valence-corrected chi connectivity index (χ1v) is 10.8. The Bertz CT molecular complexity index is 970. The molecule has 1 aliphatic heterocycles. The standard InChI is InChI=1S/C24H27ClFN3O/c1-18-27-10-12-29(18)16-20-6-4-11-28(15-20)14-19-5-2-7-21(13-19)30-17-22-23(25)8-3-9-24(22)26/h2-3,5,7-10,12-13,20H,4,6,11,14-17H2,1H3. The van der Waals surface area contributed by atoms with Crippen molar-refractivity contribution in [2.75, 3.05) is 13.1 Å². The molecule has 0 spiro atoms. The quantitative estimate of drug-likeness (QED) is 0.500. The summed E-state index contributed by atoms with van der Waals surface area (Å²) in [4.78, 5) is 6.84. The molecule has 1 aromatic heterocycles. The third-order valence-electron chi connectivity index (χ3n) is 5.73. The Kier molecular flexibility index (Phi) is 6.70. The van der Waals surface area contributed by atoms with E-state index in [9.17, 15) is 4.39 Å². The van der Waals surface area contributed by atoms with Crippen molar-refractivity contribution in [1.82, 2.24) is 14.5 Å². The predicted molar refractivity (Wildman–Crippen MR) is 117 cm³/mol. The van der Waals surface area contributed by atoms with Gasteiger partial charge in [0.05, 0.1) is 5.02 Å². The van der Waals surface area contributed by atoms with Crippen LogP contribution in [0.2, 0.25) is 5.02 Å².